The minimum Gasteiger partial charge on any atom is -0.381 e. The van der Waals surface area contributed by atoms with E-state index in [0.29, 0.717) is 6.04 Å². The first-order chi connectivity index (χ1) is 8.63. The second kappa shape index (κ2) is 8.86. The summed E-state index contributed by atoms with van der Waals surface area (Å²) in [4.78, 5) is 4.80. The van der Waals surface area contributed by atoms with Crippen molar-refractivity contribution in [3.05, 3.63) is 0 Å². The van der Waals surface area contributed by atoms with Crippen LogP contribution in [0.25, 0.3) is 0 Å². The molecular formula is C14H31N3O. The number of nitrogens with zero attached hydrogens (tertiary/aromatic N) is 2. The van der Waals surface area contributed by atoms with Crippen LogP contribution in [-0.4, -0.2) is 75.9 Å². The van der Waals surface area contributed by atoms with Crippen LogP contribution in [0.1, 0.15) is 20.3 Å². The van der Waals surface area contributed by atoms with Gasteiger partial charge in [-0.25, -0.2) is 0 Å². The van der Waals surface area contributed by atoms with Crippen LogP contribution in [0.4, 0.5) is 0 Å². The summed E-state index contributed by atoms with van der Waals surface area (Å²) < 4.78 is 5.38. The van der Waals surface area contributed by atoms with Crippen LogP contribution >= 0.6 is 0 Å². The molecule has 0 aromatic heterocycles. The van der Waals surface area contributed by atoms with Crippen molar-refractivity contribution in [1.29, 1.82) is 0 Å². The Kier molecular flexibility index (Phi) is 7.82. The van der Waals surface area contributed by atoms with Gasteiger partial charge in [0.1, 0.15) is 0 Å². The van der Waals surface area contributed by atoms with Crippen molar-refractivity contribution >= 4 is 0 Å². The van der Waals surface area contributed by atoms with Crippen molar-refractivity contribution in [2.75, 3.05) is 60.0 Å². The predicted octanol–water partition coefficient (Wildman–Crippen LogP) is 0.885. The maximum absolute atomic E-state index is 5.38. The quantitative estimate of drug-likeness (QED) is 0.621. The van der Waals surface area contributed by atoms with E-state index in [1.54, 1.807) is 0 Å². The van der Waals surface area contributed by atoms with Crippen LogP contribution < -0.4 is 5.32 Å². The zero-order chi connectivity index (χ0) is 13.4. The molecule has 0 aliphatic carbocycles. The third-order valence-electron chi connectivity index (χ3n) is 3.69. The van der Waals surface area contributed by atoms with Gasteiger partial charge in [0.15, 0.2) is 0 Å². The highest BCUT2D eigenvalue weighted by Gasteiger charge is 2.15. The van der Waals surface area contributed by atoms with Crippen LogP contribution in [0.15, 0.2) is 0 Å². The molecule has 1 aliphatic rings. The Balaban J connectivity index is 2.10. The summed E-state index contributed by atoms with van der Waals surface area (Å²) in [5.74, 6) is 0.735. The third-order valence-corrected chi connectivity index (χ3v) is 3.69. The lowest BCUT2D eigenvalue weighted by atomic mass is 10.1. The summed E-state index contributed by atoms with van der Waals surface area (Å²) in [6, 6.07) is 0.626. The van der Waals surface area contributed by atoms with Gasteiger partial charge in [0.05, 0.1) is 6.61 Å². The first kappa shape index (κ1) is 15.9. The van der Waals surface area contributed by atoms with Crippen LogP contribution in [-0.2, 0) is 4.74 Å². The molecule has 0 amide bonds. The van der Waals surface area contributed by atoms with E-state index >= 15 is 0 Å². The first-order valence-corrected chi connectivity index (χ1v) is 7.30. The fourth-order valence-electron chi connectivity index (χ4n) is 2.61. The largest absolute Gasteiger partial charge is 0.381 e. The van der Waals surface area contributed by atoms with E-state index in [2.05, 4.69) is 43.1 Å². The predicted molar refractivity (Wildman–Crippen MR) is 77.1 cm³/mol. The van der Waals surface area contributed by atoms with E-state index in [1.165, 1.54) is 6.42 Å². The standard InChI is InChI=1S/C14H31N3O/c1-5-17(13(2)11-16(3)4)8-7-15-10-14-6-9-18-12-14/h13-15H,5-12H2,1-4H3. The van der Waals surface area contributed by atoms with Gasteiger partial charge in [0.2, 0.25) is 0 Å². The van der Waals surface area contributed by atoms with Crippen molar-refractivity contribution in [2.45, 2.75) is 26.3 Å². The maximum Gasteiger partial charge on any atom is 0.0507 e. The number of nitrogens with one attached hydrogen (secondary N) is 1. The molecule has 1 saturated heterocycles. The van der Waals surface area contributed by atoms with Gasteiger partial charge in [-0.3, -0.25) is 4.90 Å². The van der Waals surface area contributed by atoms with Crippen molar-refractivity contribution in [1.82, 2.24) is 15.1 Å². The zero-order valence-electron chi connectivity index (χ0n) is 12.6. The average Bonchev–Trinajstić information content (AvgIpc) is 2.81. The molecule has 0 saturated carbocycles. The molecular weight excluding hydrogens is 226 g/mol. The Labute approximate surface area is 113 Å². The molecule has 0 aromatic carbocycles. The summed E-state index contributed by atoms with van der Waals surface area (Å²) in [7, 11) is 4.28. The van der Waals surface area contributed by atoms with Crippen molar-refractivity contribution < 1.29 is 4.74 Å². The molecule has 2 atom stereocenters. The summed E-state index contributed by atoms with van der Waals surface area (Å²) in [6.45, 7) is 12.1. The Bertz CT molecular complexity index is 205. The van der Waals surface area contributed by atoms with Gasteiger partial charge in [0, 0.05) is 38.8 Å². The zero-order valence-corrected chi connectivity index (χ0v) is 12.6. The molecule has 1 heterocycles. The van der Waals surface area contributed by atoms with E-state index in [9.17, 15) is 0 Å². The van der Waals surface area contributed by atoms with Crippen LogP contribution in [0, 0.1) is 5.92 Å². The third kappa shape index (κ3) is 6.14. The summed E-state index contributed by atoms with van der Waals surface area (Å²) in [5, 5.41) is 3.57. The fourth-order valence-corrected chi connectivity index (χ4v) is 2.61. The highest BCUT2D eigenvalue weighted by molar-refractivity contribution is 4.71. The fraction of sp³-hybridized carbons (Fsp3) is 1.00. The lowest BCUT2D eigenvalue weighted by molar-refractivity contribution is 0.177. The Hall–Kier alpha value is -0.160. The van der Waals surface area contributed by atoms with Gasteiger partial charge in [0.25, 0.3) is 0 Å². The van der Waals surface area contributed by atoms with Crippen molar-refractivity contribution in [3.8, 4) is 0 Å². The van der Waals surface area contributed by atoms with E-state index in [1.807, 2.05) is 0 Å². The smallest absolute Gasteiger partial charge is 0.0507 e. The lowest BCUT2D eigenvalue weighted by Crippen LogP contribution is -2.43. The second-order valence-electron chi connectivity index (χ2n) is 5.67. The molecule has 0 radical (unpaired) electrons. The monoisotopic (exact) mass is 257 g/mol. The molecule has 0 bridgehead atoms. The molecule has 1 aliphatic heterocycles. The van der Waals surface area contributed by atoms with Crippen molar-refractivity contribution in [3.63, 3.8) is 0 Å². The summed E-state index contributed by atoms with van der Waals surface area (Å²) >= 11 is 0. The molecule has 0 aromatic rings. The molecule has 2 unspecified atom stereocenters. The minimum atomic E-state index is 0.626. The van der Waals surface area contributed by atoms with Gasteiger partial charge < -0.3 is 15.0 Å². The molecule has 108 valence electrons. The second-order valence-corrected chi connectivity index (χ2v) is 5.67. The highest BCUT2D eigenvalue weighted by atomic mass is 16.5. The summed E-state index contributed by atoms with van der Waals surface area (Å²) in [6.07, 6.45) is 1.22. The average molecular weight is 257 g/mol. The number of ether oxygens (including phenoxy) is 1. The van der Waals surface area contributed by atoms with E-state index in [-0.39, 0.29) is 0 Å². The highest BCUT2D eigenvalue weighted by Crippen LogP contribution is 2.10. The molecule has 0 spiro atoms. The van der Waals surface area contributed by atoms with Gasteiger partial charge in [-0.2, -0.15) is 0 Å². The molecule has 1 rings (SSSR count). The Morgan fingerprint density at radius 3 is 2.72 bits per heavy atom. The van der Waals surface area contributed by atoms with Crippen molar-refractivity contribution in [2.24, 2.45) is 5.92 Å². The van der Waals surface area contributed by atoms with E-state index < -0.39 is 0 Å². The molecule has 18 heavy (non-hydrogen) atoms. The molecule has 1 fully saturated rings. The minimum absolute atomic E-state index is 0.626. The van der Waals surface area contributed by atoms with Gasteiger partial charge >= 0.3 is 0 Å². The number of hydrogen-bond acceptors (Lipinski definition) is 4. The number of hydrogen-bond donors (Lipinski definition) is 1. The van der Waals surface area contributed by atoms with Gasteiger partial charge in [-0.15, -0.1) is 0 Å². The van der Waals surface area contributed by atoms with Gasteiger partial charge in [-0.05, 0) is 39.9 Å². The summed E-state index contributed by atoms with van der Waals surface area (Å²) in [5.41, 5.74) is 0. The van der Waals surface area contributed by atoms with Crippen LogP contribution in [0.3, 0.4) is 0 Å². The van der Waals surface area contributed by atoms with Crippen LogP contribution in [0.5, 0.6) is 0 Å². The molecule has 4 heteroatoms. The molecule has 1 N–H and O–H groups in total. The number of likely N-dealkylation sites (N-methyl/N-ethyl adjacent to an activating group) is 2. The lowest BCUT2D eigenvalue weighted by Gasteiger charge is -2.30. The first-order valence-electron chi connectivity index (χ1n) is 7.30. The van der Waals surface area contributed by atoms with E-state index in [0.717, 1.165) is 51.9 Å². The maximum atomic E-state index is 5.38. The van der Waals surface area contributed by atoms with E-state index in [4.69, 9.17) is 4.74 Å². The number of rotatable bonds is 9. The normalized spacial score (nSPS) is 22.0. The molecule has 4 nitrogen and oxygen atoms in total. The Morgan fingerprint density at radius 2 is 2.17 bits per heavy atom. The van der Waals surface area contributed by atoms with Crippen LogP contribution in [0.2, 0.25) is 0 Å². The Morgan fingerprint density at radius 1 is 1.39 bits per heavy atom. The topological polar surface area (TPSA) is 27.7 Å². The van der Waals surface area contributed by atoms with Gasteiger partial charge in [-0.1, -0.05) is 6.92 Å². The SMILES string of the molecule is CCN(CCNCC1CCOC1)C(C)CN(C)C.